The average Bonchev–Trinajstić information content (AvgIpc) is 2.93. The summed E-state index contributed by atoms with van der Waals surface area (Å²) in [6.45, 7) is 5.99. The molecule has 0 aliphatic heterocycles. The van der Waals surface area contributed by atoms with Gasteiger partial charge in [0.25, 0.3) is 0 Å². The molecule has 0 amide bonds. The number of carbonyl (C=O) groups is 2. The highest BCUT2D eigenvalue weighted by Gasteiger charge is 2.54. The molecule has 1 aliphatic rings. The standard InChI is InChI=1S/C16H28O4/c1-4-9-13(14(17)18)16(5-2,15(19)20-6-3)12-10-7-8-11-12/h12-13H,4-11H2,1-3H3,(H,17,18). The highest BCUT2D eigenvalue weighted by Crippen LogP contribution is 2.49. The lowest BCUT2D eigenvalue weighted by Gasteiger charge is -2.40. The lowest BCUT2D eigenvalue weighted by atomic mass is 9.62. The monoisotopic (exact) mass is 284 g/mol. The first-order chi connectivity index (χ1) is 9.54. The highest BCUT2D eigenvalue weighted by molar-refractivity contribution is 5.85. The van der Waals surface area contributed by atoms with E-state index >= 15 is 0 Å². The van der Waals surface area contributed by atoms with Gasteiger partial charge in [0, 0.05) is 0 Å². The van der Waals surface area contributed by atoms with Gasteiger partial charge in [0.15, 0.2) is 0 Å². The van der Waals surface area contributed by atoms with Crippen LogP contribution in [0.1, 0.15) is 65.7 Å². The number of carbonyl (C=O) groups excluding carboxylic acids is 1. The Hall–Kier alpha value is -1.06. The van der Waals surface area contributed by atoms with E-state index in [0.29, 0.717) is 19.4 Å². The van der Waals surface area contributed by atoms with Crippen molar-refractivity contribution in [2.75, 3.05) is 6.61 Å². The second-order valence-electron chi connectivity index (χ2n) is 5.78. The fourth-order valence-electron chi connectivity index (χ4n) is 3.87. The van der Waals surface area contributed by atoms with Gasteiger partial charge in [-0.3, -0.25) is 9.59 Å². The van der Waals surface area contributed by atoms with E-state index in [2.05, 4.69) is 0 Å². The topological polar surface area (TPSA) is 63.6 Å². The molecule has 1 saturated carbocycles. The Morgan fingerprint density at radius 1 is 1.25 bits per heavy atom. The third kappa shape index (κ3) is 3.15. The molecule has 4 heteroatoms. The molecule has 2 atom stereocenters. The van der Waals surface area contributed by atoms with E-state index in [1.807, 2.05) is 13.8 Å². The van der Waals surface area contributed by atoms with Gasteiger partial charge in [0.05, 0.1) is 17.9 Å². The molecule has 20 heavy (non-hydrogen) atoms. The zero-order valence-electron chi connectivity index (χ0n) is 13.0. The number of rotatable bonds is 8. The van der Waals surface area contributed by atoms with E-state index in [1.165, 1.54) is 0 Å². The van der Waals surface area contributed by atoms with Crippen LogP contribution in [0.25, 0.3) is 0 Å². The minimum atomic E-state index is -0.853. The van der Waals surface area contributed by atoms with Gasteiger partial charge >= 0.3 is 11.9 Å². The average molecular weight is 284 g/mol. The number of aliphatic carboxylic acids is 1. The fraction of sp³-hybridized carbons (Fsp3) is 0.875. The van der Waals surface area contributed by atoms with Gasteiger partial charge in [-0.25, -0.2) is 0 Å². The van der Waals surface area contributed by atoms with E-state index in [9.17, 15) is 14.7 Å². The Bertz CT molecular complexity index is 333. The SMILES string of the molecule is CCCC(C(=O)O)C(CC)(C(=O)OCC)C1CCCC1. The molecule has 0 aromatic heterocycles. The summed E-state index contributed by atoms with van der Waals surface area (Å²) >= 11 is 0. The summed E-state index contributed by atoms with van der Waals surface area (Å²) in [7, 11) is 0. The summed E-state index contributed by atoms with van der Waals surface area (Å²) in [4.78, 5) is 24.4. The smallest absolute Gasteiger partial charge is 0.313 e. The molecule has 2 unspecified atom stereocenters. The predicted molar refractivity (Wildman–Crippen MR) is 77.3 cm³/mol. The van der Waals surface area contributed by atoms with Gasteiger partial charge in [0.1, 0.15) is 0 Å². The molecule has 0 heterocycles. The maximum atomic E-state index is 12.6. The lowest BCUT2D eigenvalue weighted by molar-refractivity contribution is -0.173. The molecule has 0 aromatic carbocycles. The Morgan fingerprint density at radius 2 is 1.85 bits per heavy atom. The molecule has 1 fully saturated rings. The van der Waals surface area contributed by atoms with Crippen molar-refractivity contribution in [3.63, 3.8) is 0 Å². The van der Waals surface area contributed by atoms with E-state index in [4.69, 9.17) is 4.74 Å². The van der Waals surface area contributed by atoms with Crippen LogP contribution in [0.3, 0.4) is 0 Å². The maximum absolute atomic E-state index is 12.6. The predicted octanol–water partition coefficient (Wildman–Crippen LogP) is 3.64. The second kappa shape index (κ2) is 7.65. The lowest BCUT2D eigenvalue weighted by Crippen LogP contribution is -2.48. The molecule has 1 N–H and O–H groups in total. The van der Waals surface area contributed by atoms with E-state index in [0.717, 1.165) is 32.1 Å². The number of esters is 1. The zero-order chi connectivity index (χ0) is 15.2. The van der Waals surface area contributed by atoms with Crippen molar-refractivity contribution in [2.45, 2.75) is 65.7 Å². The minimum Gasteiger partial charge on any atom is -0.481 e. The Morgan fingerprint density at radius 3 is 2.25 bits per heavy atom. The molecule has 116 valence electrons. The van der Waals surface area contributed by atoms with Crippen molar-refractivity contribution in [1.29, 1.82) is 0 Å². The molecule has 0 spiro atoms. The Labute approximate surface area is 121 Å². The van der Waals surface area contributed by atoms with Crippen molar-refractivity contribution < 1.29 is 19.4 Å². The van der Waals surface area contributed by atoms with Crippen molar-refractivity contribution >= 4 is 11.9 Å². The summed E-state index contributed by atoms with van der Waals surface area (Å²) in [5.74, 6) is -1.62. The zero-order valence-corrected chi connectivity index (χ0v) is 13.0. The maximum Gasteiger partial charge on any atom is 0.313 e. The Kier molecular flexibility index (Phi) is 6.50. The van der Waals surface area contributed by atoms with Gasteiger partial charge < -0.3 is 9.84 Å². The van der Waals surface area contributed by atoms with Crippen molar-refractivity contribution in [1.82, 2.24) is 0 Å². The van der Waals surface area contributed by atoms with Gasteiger partial charge in [-0.05, 0) is 38.5 Å². The van der Waals surface area contributed by atoms with Gasteiger partial charge in [-0.15, -0.1) is 0 Å². The number of hydrogen-bond acceptors (Lipinski definition) is 3. The van der Waals surface area contributed by atoms with Crippen molar-refractivity contribution in [3.05, 3.63) is 0 Å². The normalized spacial score (nSPS) is 20.4. The van der Waals surface area contributed by atoms with Crippen LogP contribution in [0.4, 0.5) is 0 Å². The summed E-state index contributed by atoms with van der Waals surface area (Å²) in [5.41, 5.74) is -0.839. The van der Waals surface area contributed by atoms with Gasteiger partial charge in [-0.2, -0.15) is 0 Å². The van der Waals surface area contributed by atoms with Gasteiger partial charge in [0.2, 0.25) is 0 Å². The molecule has 1 rings (SSSR count). The van der Waals surface area contributed by atoms with Crippen molar-refractivity contribution in [2.24, 2.45) is 17.3 Å². The summed E-state index contributed by atoms with van der Waals surface area (Å²) in [5, 5.41) is 9.64. The number of carboxylic acid groups (broad SMARTS) is 1. The molecule has 0 saturated heterocycles. The molecule has 4 nitrogen and oxygen atoms in total. The molecule has 0 radical (unpaired) electrons. The van der Waals surface area contributed by atoms with E-state index < -0.39 is 17.3 Å². The number of carboxylic acids is 1. The summed E-state index contributed by atoms with van der Waals surface area (Å²) in [6.07, 6.45) is 5.92. The molecular weight excluding hydrogens is 256 g/mol. The van der Waals surface area contributed by atoms with Crippen LogP contribution in [-0.4, -0.2) is 23.7 Å². The third-order valence-electron chi connectivity index (χ3n) is 4.82. The largest absolute Gasteiger partial charge is 0.481 e. The first-order valence-corrected chi connectivity index (χ1v) is 7.94. The van der Waals surface area contributed by atoms with Gasteiger partial charge in [-0.1, -0.05) is 33.1 Å². The highest BCUT2D eigenvalue weighted by atomic mass is 16.5. The van der Waals surface area contributed by atoms with Crippen molar-refractivity contribution in [3.8, 4) is 0 Å². The van der Waals surface area contributed by atoms with Crippen LogP contribution in [-0.2, 0) is 14.3 Å². The molecule has 1 aliphatic carbocycles. The Balaban J connectivity index is 3.19. The van der Waals surface area contributed by atoms with Crippen LogP contribution < -0.4 is 0 Å². The second-order valence-corrected chi connectivity index (χ2v) is 5.78. The minimum absolute atomic E-state index is 0.152. The third-order valence-corrected chi connectivity index (χ3v) is 4.82. The van der Waals surface area contributed by atoms with Crippen LogP contribution in [0, 0.1) is 17.3 Å². The fourth-order valence-corrected chi connectivity index (χ4v) is 3.87. The first kappa shape index (κ1) is 17.0. The summed E-state index contributed by atoms with van der Waals surface area (Å²) < 4.78 is 5.29. The molecular formula is C16H28O4. The van der Waals surface area contributed by atoms with E-state index in [1.54, 1.807) is 6.92 Å². The van der Waals surface area contributed by atoms with E-state index in [-0.39, 0.29) is 11.9 Å². The first-order valence-electron chi connectivity index (χ1n) is 7.94. The number of ether oxygens (including phenoxy) is 1. The van der Waals surface area contributed by atoms with Crippen LogP contribution >= 0.6 is 0 Å². The molecule has 0 bridgehead atoms. The quantitative estimate of drug-likeness (QED) is 0.691. The summed E-state index contributed by atoms with van der Waals surface area (Å²) in [6, 6.07) is 0. The number of hydrogen-bond donors (Lipinski definition) is 1. The molecule has 0 aromatic rings. The van der Waals surface area contributed by atoms with Crippen LogP contribution in [0.15, 0.2) is 0 Å². The van der Waals surface area contributed by atoms with Crippen LogP contribution in [0.2, 0.25) is 0 Å². The van der Waals surface area contributed by atoms with Crippen LogP contribution in [0.5, 0.6) is 0 Å².